The number of piperazine rings is 1. The summed E-state index contributed by atoms with van der Waals surface area (Å²) in [5.74, 6) is 4.61. The number of ether oxygens (including phenoxy) is 2. The van der Waals surface area contributed by atoms with Crippen molar-refractivity contribution in [1.82, 2.24) is 9.80 Å². The Hall–Kier alpha value is -1.40. The zero-order valence-corrected chi connectivity index (χ0v) is 14.7. The van der Waals surface area contributed by atoms with Crippen LogP contribution in [0.4, 0.5) is 0 Å². The van der Waals surface area contributed by atoms with E-state index in [0.717, 1.165) is 68.6 Å². The Morgan fingerprint density at radius 2 is 1.83 bits per heavy atom. The molecule has 0 atom stereocenters. The summed E-state index contributed by atoms with van der Waals surface area (Å²) in [6, 6.07) is 6.16. The van der Waals surface area contributed by atoms with E-state index < -0.39 is 0 Å². The summed E-state index contributed by atoms with van der Waals surface area (Å²) in [7, 11) is 0. The first-order valence-corrected chi connectivity index (χ1v) is 9.92. The molecular weight excluding hydrogens is 324 g/mol. The summed E-state index contributed by atoms with van der Waals surface area (Å²) in [6.07, 6.45) is 2.11. The number of hydrogen-bond acceptors (Lipinski definition) is 5. The normalized spacial score (nSPS) is 21.9. The van der Waals surface area contributed by atoms with Gasteiger partial charge in [0, 0.05) is 38.6 Å². The number of carbonyl (C=O) groups is 1. The minimum absolute atomic E-state index is 0.270. The summed E-state index contributed by atoms with van der Waals surface area (Å²) in [6.45, 7) is 4.82. The highest BCUT2D eigenvalue weighted by atomic mass is 32.2. The second-order valence-corrected chi connectivity index (χ2v) is 7.90. The molecule has 2 saturated heterocycles. The highest BCUT2D eigenvalue weighted by Gasteiger charge is 2.28. The van der Waals surface area contributed by atoms with Gasteiger partial charge in [-0.1, -0.05) is 6.07 Å². The second-order valence-electron chi connectivity index (χ2n) is 6.68. The fourth-order valence-corrected chi connectivity index (χ4v) is 4.73. The lowest BCUT2D eigenvalue weighted by Crippen LogP contribution is -2.50. The highest BCUT2D eigenvalue weighted by Crippen LogP contribution is 2.33. The number of amides is 1. The van der Waals surface area contributed by atoms with Gasteiger partial charge in [0.05, 0.1) is 0 Å². The first-order chi connectivity index (χ1) is 11.8. The van der Waals surface area contributed by atoms with Crippen LogP contribution >= 0.6 is 11.8 Å². The average Bonchev–Trinajstić information content (AvgIpc) is 3.10. The SMILES string of the molecule is O=C(C1CCSCC1)N1CCN(Cc2ccc3c(c2)OCO3)CC1. The molecule has 0 bridgehead atoms. The molecule has 4 rings (SSSR count). The molecule has 0 unspecified atom stereocenters. The molecule has 0 spiro atoms. The lowest BCUT2D eigenvalue weighted by atomic mass is 10.0. The van der Waals surface area contributed by atoms with Crippen LogP contribution < -0.4 is 9.47 Å². The number of benzene rings is 1. The second kappa shape index (κ2) is 7.23. The highest BCUT2D eigenvalue weighted by molar-refractivity contribution is 7.99. The summed E-state index contributed by atoms with van der Waals surface area (Å²) in [4.78, 5) is 17.1. The summed E-state index contributed by atoms with van der Waals surface area (Å²) in [5, 5.41) is 0. The summed E-state index contributed by atoms with van der Waals surface area (Å²) < 4.78 is 10.8. The van der Waals surface area contributed by atoms with Gasteiger partial charge >= 0.3 is 0 Å². The molecule has 0 saturated carbocycles. The van der Waals surface area contributed by atoms with Crippen molar-refractivity contribution >= 4 is 17.7 Å². The van der Waals surface area contributed by atoms with Crippen LogP contribution in [0.3, 0.4) is 0 Å². The van der Waals surface area contributed by atoms with E-state index in [1.807, 2.05) is 17.8 Å². The van der Waals surface area contributed by atoms with Crippen molar-refractivity contribution in [3.05, 3.63) is 23.8 Å². The number of hydrogen-bond donors (Lipinski definition) is 0. The Balaban J connectivity index is 1.29. The maximum atomic E-state index is 12.6. The van der Waals surface area contributed by atoms with E-state index in [9.17, 15) is 4.79 Å². The lowest BCUT2D eigenvalue weighted by Gasteiger charge is -2.37. The van der Waals surface area contributed by atoms with E-state index in [0.29, 0.717) is 12.7 Å². The molecule has 3 heterocycles. The van der Waals surface area contributed by atoms with Gasteiger partial charge in [0.1, 0.15) is 0 Å². The molecule has 0 radical (unpaired) electrons. The van der Waals surface area contributed by atoms with Crippen LogP contribution in [0.15, 0.2) is 18.2 Å². The van der Waals surface area contributed by atoms with Crippen molar-refractivity contribution in [1.29, 1.82) is 0 Å². The van der Waals surface area contributed by atoms with E-state index in [-0.39, 0.29) is 5.92 Å². The summed E-state index contributed by atoms with van der Waals surface area (Å²) in [5.41, 5.74) is 1.24. The molecular formula is C18H24N2O3S. The smallest absolute Gasteiger partial charge is 0.231 e. The van der Waals surface area contributed by atoms with Gasteiger partial charge in [-0.15, -0.1) is 0 Å². The molecule has 3 aliphatic heterocycles. The fraction of sp³-hybridized carbons (Fsp3) is 0.611. The number of fused-ring (bicyclic) bond motifs is 1. The van der Waals surface area contributed by atoms with Crippen molar-refractivity contribution in [2.75, 3.05) is 44.5 Å². The molecule has 3 aliphatic rings. The monoisotopic (exact) mass is 348 g/mol. The number of thioether (sulfide) groups is 1. The Kier molecular flexibility index (Phi) is 4.85. The molecule has 0 N–H and O–H groups in total. The van der Waals surface area contributed by atoms with Crippen LogP contribution in [0.1, 0.15) is 18.4 Å². The van der Waals surface area contributed by atoms with Crippen molar-refractivity contribution in [3.63, 3.8) is 0 Å². The van der Waals surface area contributed by atoms with Crippen LogP contribution in [0.25, 0.3) is 0 Å². The van der Waals surface area contributed by atoms with Crippen LogP contribution in [0.5, 0.6) is 11.5 Å². The predicted octanol–water partition coefficient (Wildman–Crippen LogP) is 2.20. The zero-order chi connectivity index (χ0) is 16.4. The van der Waals surface area contributed by atoms with Crippen molar-refractivity contribution in [3.8, 4) is 11.5 Å². The van der Waals surface area contributed by atoms with E-state index >= 15 is 0 Å². The van der Waals surface area contributed by atoms with Gasteiger partial charge < -0.3 is 14.4 Å². The lowest BCUT2D eigenvalue weighted by molar-refractivity contribution is -0.137. The van der Waals surface area contributed by atoms with Gasteiger partial charge in [0.25, 0.3) is 0 Å². The van der Waals surface area contributed by atoms with Crippen molar-refractivity contribution in [2.45, 2.75) is 19.4 Å². The number of rotatable bonds is 3. The minimum atomic E-state index is 0.270. The van der Waals surface area contributed by atoms with Crippen LogP contribution in [-0.4, -0.2) is 60.2 Å². The topological polar surface area (TPSA) is 42.0 Å². The molecule has 130 valence electrons. The third kappa shape index (κ3) is 3.49. The molecule has 1 amide bonds. The molecule has 1 aromatic carbocycles. The van der Waals surface area contributed by atoms with Crippen molar-refractivity contribution in [2.24, 2.45) is 5.92 Å². The van der Waals surface area contributed by atoms with Gasteiger partial charge in [-0.25, -0.2) is 0 Å². The van der Waals surface area contributed by atoms with Crippen LogP contribution in [0, 0.1) is 5.92 Å². The third-order valence-corrected chi connectivity index (χ3v) is 6.15. The van der Waals surface area contributed by atoms with Gasteiger partial charge in [-0.2, -0.15) is 11.8 Å². The Morgan fingerprint density at radius 3 is 2.62 bits per heavy atom. The van der Waals surface area contributed by atoms with E-state index in [4.69, 9.17) is 9.47 Å². The van der Waals surface area contributed by atoms with Crippen molar-refractivity contribution < 1.29 is 14.3 Å². The maximum absolute atomic E-state index is 12.6. The number of carbonyl (C=O) groups excluding carboxylic acids is 1. The van der Waals surface area contributed by atoms with E-state index in [2.05, 4.69) is 21.9 Å². The van der Waals surface area contributed by atoms with Crippen LogP contribution in [-0.2, 0) is 11.3 Å². The third-order valence-electron chi connectivity index (χ3n) is 5.10. The molecule has 6 heteroatoms. The Bertz CT molecular complexity index is 596. The first-order valence-electron chi connectivity index (χ1n) is 8.77. The molecule has 0 aromatic heterocycles. The molecule has 0 aliphatic carbocycles. The Labute approximate surface area is 147 Å². The molecule has 24 heavy (non-hydrogen) atoms. The average molecular weight is 348 g/mol. The first kappa shape index (κ1) is 16.1. The number of nitrogens with zero attached hydrogens (tertiary/aromatic N) is 2. The standard InChI is InChI=1S/C18H24N2O3S/c21-18(15-3-9-24-10-4-15)20-7-5-19(6-8-20)12-14-1-2-16-17(11-14)23-13-22-16/h1-2,11,15H,3-10,12-13H2. The Morgan fingerprint density at radius 1 is 1.08 bits per heavy atom. The largest absolute Gasteiger partial charge is 0.454 e. The minimum Gasteiger partial charge on any atom is -0.454 e. The van der Waals surface area contributed by atoms with Crippen LogP contribution in [0.2, 0.25) is 0 Å². The predicted molar refractivity (Wildman–Crippen MR) is 94.5 cm³/mol. The molecule has 5 nitrogen and oxygen atoms in total. The zero-order valence-electron chi connectivity index (χ0n) is 13.9. The molecule has 1 aromatic rings. The summed E-state index contributed by atoms with van der Waals surface area (Å²) >= 11 is 1.97. The quantitative estimate of drug-likeness (QED) is 0.838. The van der Waals surface area contributed by atoms with E-state index in [1.54, 1.807) is 0 Å². The van der Waals surface area contributed by atoms with Gasteiger partial charge in [0.2, 0.25) is 12.7 Å². The maximum Gasteiger partial charge on any atom is 0.231 e. The molecule has 2 fully saturated rings. The van der Waals surface area contributed by atoms with Gasteiger partial charge in [-0.3, -0.25) is 9.69 Å². The van der Waals surface area contributed by atoms with Gasteiger partial charge in [0.15, 0.2) is 11.5 Å². The van der Waals surface area contributed by atoms with E-state index in [1.165, 1.54) is 5.56 Å². The fourth-order valence-electron chi connectivity index (χ4n) is 3.63. The van der Waals surface area contributed by atoms with Gasteiger partial charge in [-0.05, 0) is 42.0 Å².